The average molecular weight is 434 g/mol. The zero-order chi connectivity index (χ0) is 21.5. The van der Waals surface area contributed by atoms with Gasteiger partial charge in [0.15, 0.2) is 5.17 Å². The summed E-state index contributed by atoms with van der Waals surface area (Å²) < 4.78 is 1.53. The Balaban J connectivity index is 1.50. The zero-order valence-corrected chi connectivity index (χ0v) is 18.1. The minimum atomic E-state index is -0.194. The first kappa shape index (κ1) is 19.9. The van der Waals surface area contributed by atoms with Crippen LogP contribution in [0.1, 0.15) is 18.2 Å². The Hall–Kier alpha value is -3.01. The number of benzene rings is 1. The van der Waals surface area contributed by atoms with Gasteiger partial charge >= 0.3 is 0 Å². The molecule has 1 aromatic carbocycles. The van der Waals surface area contributed by atoms with Gasteiger partial charge in [0.1, 0.15) is 17.6 Å². The van der Waals surface area contributed by atoms with E-state index in [0.717, 1.165) is 16.4 Å². The van der Waals surface area contributed by atoms with Crippen molar-refractivity contribution < 1.29 is 0 Å². The molecule has 31 heavy (non-hydrogen) atoms. The van der Waals surface area contributed by atoms with E-state index in [2.05, 4.69) is 22.8 Å². The van der Waals surface area contributed by atoms with Crippen molar-refractivity contribution in [2.24, 2.45) is 10.9 Å². The van der Waals surface area contributed by atoms with Crippen molar-refractivity contribution in [1.29, 1.82) is 5.41 Å². The number of nitrogens with one attached hydrogen (secondary N) is 3. The van der Waals surface area contributed by atoms with Crippen molar-refractivity contribution in [2.75, 3.05) is 4.90 Å². The summed E-state index contributed by atoms with van der Waals surface area (Å²) in [7, 11) is 0. The molecule has 2 aromatic heterocycles. The molecular weight excluding hydrogens is 410 g/mol. The number of pyridine rings is 1. The predicted octanol–water partition coefficient (Wildman–Crippen LogP) is 2.53. The summed E-state index contributed by atoms with van der Waals surface area (Å²) in [4.78, 5) is 23.9. The monoisotopic (exact) mass is 433 g/mol. The predicted molar refractivity (Wildman–Crippen MR) is 125 cm³/mol. The standard InChI is InChI=1S/C22H23N7OS/c1-13-7-3-4-8-16(13)29-20(23)19-14(2)26-27-21(19)25-22(29)31-12-15-11-18(30)28-10-6-5-9-17(28)24-15/h3-11,14,19,21,23,26-27H,12H2,1-2H3. The minimum Gasteiger partial charge on any atom is -0.287 e. The number of para-hydroxylation sites is 1. The van der Waals surface area contributed by atoms with E-state index in [1.165, 1.54) is 16.2 Å². The highest BCUT2D eigenvalue weighted by Crippen LogP contribution is 2.33. The van der Waals surface area contributed by atoms with Crippen molar-refractivity contribution in [1.82, 2.24) is 20.2 Å². The third-order valence-corrected chi connectivity index (χ3v) is 6.65. The molecule has 5 rings (SSSR count). The molecule has 2 aliphatic rings. The molecule has 1 saturated heterocycles. The smallest absolute Gasteiger partial charge is 0.258 e. The van der Waals surface area contributed by atoms with Crippen molar-refractivity contribution in [2.45, 2.75) is 31.8 Å². The SMILES string of the molecule is Cc1ccccc1N1C(=N)C2C(C)NNC2N=C1SCc1cc(=O)n2ccccc2n1. The van der Waals surface area contributed by atoms with Crippen LogP contribution in [0.3, 0.4) is 0 Å². The lowest BCUT2D eigenvalue weighted by Gasteiger charge is -2.36. The number of hydrazine groups is 1. The summed E-state index contributed by atoms with van der Waals surface area (Å²) >= 11 is 1.49. The van der Waals surface area contributed by atoms with E-state index in [4.69, 9.17) is 10.4 Å². The normalized spacial score (nSPS) is 23.2. The summed E-state index contributed by atoms with van der Waals surface area (Å²) in [6.45, 7) is 4.10. The first-order valence-electron chi connectivity index (χ1n) is 10.2. The number of fused-ring (bicyclic) bond motifs is 2. The van der Waals surface area contributed by atoms with Crippen LogP contribution in [0.2, 0.25) is 0 Å². The number of aryl methyl sites for hydroxylation is 1. The maximum Gasteiger partial charge on any atom is 0.258 e. The third kappa shape index (κ3) is 3.54. The van der Waals surface area contributed by atoms with Gasteiger partial charge in [0.2, 0.25) is 0 Å². The van der Waals surface area contributed by atoms with Crippen LogP contribution in [0.15, 0.2) is 64.5 Å². The molecule has 1 fully saturated rings. The van der Waals surface area contributed by atoms with Gasteiger partial charge < -0.3 is 0 Å². The van der Waals surface area contributed by atoms with Crippen molar-refractivity contribution in [3.63, 3.8) is 0 Å². The van der Waals surface area contributed by atoms with E-state index >= 15 is 0 Å². The summed E-state index contributed by atoms with van der Waals surface area (Å²) in [5.41, 5.74) is 9.64. The van der Waals surface area contributed by atoms with Gasteiger partial charge in [-0.15, -0.1) is 0 Å². The fourth-order valence-electron chi connectivity index (χ4n) is 4.06. The van der Waals surface area contributed by atoms with E-state index in [-0.39, 0.29) is 23.7 Å². The Morgan fingerprint density at radius 3 is 2.81 bits per heavy atom. The molecule has 0 spiro atoms. The molecule has 9 heteroatoms. The van der Waals surface area contributed by atoms with E-state index in [9.17, 15) is 4.79 Å². The Kier molecular flexibility index (Phi) is 5.09. The second-order valence-electron chi connectivity index (χ2n) is 7.77. The summed E-state index contributed by atoms with van der Waals surface area (Å²) in [5, 5.41) is 9.70. The van der Waals surface area contributed by atoms with Gasteiger partial charge in [0.05, 0.1) is 17.3 Å². The number of nitrogens with zero attached hydrogens (tertiary/aromatic N) is 4. The van der Waals surface area contributed by atoms with Crippen molar-refractivity contribution >= 4 is 34.1 Å². The van der Waals surface area contributed by atoms with Crippen LogP contribution in [0.25, 0.3) is 5.65 Å². The van der Waals surface area contributed by atoms with E-state index in [1.54, 1.807) is 12.3 Å². The van der Waals surface area contributed by atoms with Crippen molar-refractivity contribution in [3.8, 4) is 0 Å². The van der Waals surface area contributed by atoms with Crippen LogP contribution in [0, 0.1) is 18.3 Å². The highest BCUT2D eigenvalue weighted by Gasteiger charge is 2.43. The molecule has 3 unspecified atom stereocenters. The molecule has 2 aliphatic heterocycles. The topological polar surface area (TPSA) is 97.9 Å². The molecule has 4 heterocycles. The van der Waals surface area contributed by atoms with Gasteiger partial charge in [-0.05, 0) is 37.6 Å². The number of amidine groups is 2. The number of hydrogen-bond donors (Lipinski definition) is 3. The van der Waals surface area contributed by atoms with Crippen LogP contribution in [0.4, 0.5) is 5.69 Å². The molecule has 3 N–H and O–H groups in total. The fourth-order valence-corrected chi connectivity index (χ4v) is 5.00. The highest BCUT2D eigenvalue weighted by molar-refractivity contribution is 8.13. The largest absolute Gasteiger partial charge is 0.287 e. The molecule has 0 amide bonds. The highest BCUT2D eigenvalue weighted by atomic mass is 32.2. The molecule has 0 aliphatic carbocycles. The number of aromatic nitrogens is 2. The minimum absolute atomic E-state index is 0.0626. The number of rotatable bonds is 3. The first-order valence-corrected chi connectivity index (χ1v) is 11.1. The lowest BCUT2D eigenvalue weighted by atomic mass is 9.96. The van der Waals surface area contributed by atoms with Crippen molar-refractivity contribution in [3.05, 3.63) is 76.3 Å². The van der Waals surface area contributed by atoms with Gasteiger partial charge in [-0.3, -0.25) is 24.9 Å². The Morgan fingerprint density at radius 1 is 1.16 bits per heavy atom. The molecule has 3 aromatic rings. The van der Waals surface area contributed by atoms with Crippen LogP contribution in [0.5, 0.6) is 0 Å². The fraction of sp³-hybridized carbons (Fsp3) is 0.273. The molecule has 0 bridgehead atoms. The van der Waals surface area contributed by atoms with Gasteiger partial charge in [-0.25, -0.2) is 15.4 Å². The van der Waals surface area contributed by atoms with Crippen LogP contribution in [-0.4, -0.2) is 32.6 Å². The maximum absolute atomic E-state index is 12.4. The quantitative estimate of drug-likeness (QED) is 0.587. The molecule has 0 saturated carbocycles. The number of thioether (sulfide) groups is 1. The molecular formula is C22H23N7OS. The molecule has 3 atom stereocenters. The Labute approximate surface area is 183 Å². The van der Waals surface area contributed by atoms with Gasteiger partial charge in [-0.2, -0.15) is 0 Å². The summed E-state index contributed by atoms with van der Waals surface area (Å²) in [5.74, 6) is 0.927. The van der Waals surface area contributed by atoms with Gasteiger partial charge in [0, 0.05) is 24.1 Å². The Bertz CT molecular complexity index is 1250. The zero-order valence-electron chi connectivity index (χ0n) is 17.2. The lowest BCUT2D eigenvalue weighted by molar-refractivity contribution is 0.536. The number of anilines is 1. The average Bonchev–Trinajstić information content (AvgIpc) is 3.14. The second kappa shape index (κ2) is 7.92. The molecule has 0 radical (unpaired) electrons. The van der Waals surface area contributed by atoms with Gasteiger partial charge in [-0.1, -0.05) is 36.0 Å². The van der Waals surface area contributed by atoms with Crippen LogP contribution in [-0.2, 0) is 5.75 Å². The third-order valence-electron chi connectivity index (χ3n) is 5.66. The first-order chi connectivity index (χ1) is 15.0. The molecule has 158 valence electrons. The van der Waals surface area contributed by atoms with Gasteiger partial charge in [0.25, 0.3) is 5.56 Å². The summed E-state index contributed by atoms with van der Waals surface area (Å²) in [6.07, 6.45) is 1.52. The van der Waals surface area contributed by atoms with E-state index in [0.29, 0.717) is 22.9 Å². The lowest BCUT2D eigenvalue weighted by Crippen LogP contribution is -2.50. The Morgan fingerprint density at radius 2 is 1.97 bits per heavy atom. The molecule has 8 nitrogen and oxygen atoms in total. The summed E-state index contributed by atoms with van der Waals surface area (Å²) in [6, 6.07) is 15.2. The van der Waals surface area contributed by atoms with Crippen LogP contribution < -0.4 is 21.3 Å². The van der Waals surface area contributed by atoms with E-state index < -0.39 is 0 Å². The second-order valence-corrected chi connectivity index (χ2v) is 8.71. The van der Waals surface area contributed by atoms with Crippen LogP contribution >= 0.6 is 11.8 Å². The van der Waals surface area contributed by atoms with E-state index in [1.807, 2.05) is 54.3 Å². The maximum atomic E-state index is 12.4. The number of aliphatic imine (C=N–C) groups is 1. The number of hydrogen-bond acceptors (Lipinski definition) is 7.